The highest BCUT2D eigenvalue weighted by Crippen LogP contribution is 2.14. The molecule has 0 atom stereocenters. The molecule has 0 fully saturated rings. The molecule has 0 saturated heterocycles. The van der Waals surface area contributed by atoms with E-state index in [0.29, 0.717) is 0 Å². The van der Waals surface area contributed by atoms with E-state index >= 15 is 0 Å². The van der Waals surface area contributed by atoms with E-state index in [2.05, 4.69) is 73.3 Å². The van der Waals surface area contributed by atoms with Gasteiger partial charge in [0.1, 0.15) is 0 Å². The number of rotatable bonds is 2. The molecule has 0 aliphatic rings. The lowest BCUT2D eigenvalue weighted by Gasteiger charge is -1.96. The lowest BCUT2D eigenvalue weighted by atomic mass is 10.1. The molecule has 1 heterocycles. The quantitative estimate of drug-likeness (QED) is 0.432. The first-order chi connectivity index (χ1) is 12.2. The molecule has 2 heteroatoms. The van der Waals surface area contributed by atoms with Gasteiger partial charge in [-0.25, -0.2) is 0 Å². The van der Waals surface area contributed by atoms with Crippen LogP contribution in [0.25, 0.3) is 0 Å². The average molecular weight is 346 g/mol. The van der Waals surface area contributed by atoms with Crippen molar-refractivity contribution in [2.24, 2.45) is 0 Å². The summed E-state index contributed by atoms with van der Waals surface area (Å²) in [7, 11) is 0. The Morgan fingerprint density at radius 2 is 1.56 bits per heavy atom. The van der Waals surface area contributed by atoms with Crippen LogP contribution in [0.4, 0.5) is 0 Å². The van der Waals surface area contributed by atoms with Crippen molar-refractivity contribution in [3.63, 3.8) is 0 Å². The van der Waals surface area contributed by atoms with E-state index in [1.807, 2.05) is 36.7 Å². The summed E-state index contributed by atoms with van der Waals surface area (Å²) in [5.74, 6) is 6.40. The van der Waals surface area contributed by atoms with Gasteiger partial charge in [0.05, 0.1) is 0 Å². The van der Waals surface area contributed by atoms with Crippen LogP contribution < -0.4 is 0 Å². The third-order valence-electron chi connectivity index (χ3n) is 3.73. The van der Waals surface area contributed by atoms with Crippen molar-refractivity contribution in [1.82, 2.24) is 4.98 Å². The number of aromatic nitrogens is 1. The van der Waals surface area contributed by atoms with Crippen LogP contribution in [0.3, 0.4) is 0 Å². The fraction of sp³-hybridized carbons (Fsp3) is 0.174. The predicted octanol–water partition coefficient (Wildman–Crippen LogP) is 5.76. The molecule has 0 N–H and O–H groups in total. The SMILES string of the molecule is CCc1ccncc1.CSc1ccc(C#Cc2ccccc2C)cc1. The van der Waals surface area contributed by atoms with E-state index in [1.54, 1.807) is 11.8 Å². The Morgan fingerprint density at radius 1 is 0.880 bits per heavy atom. The summed E-state index contributed by atoms with van der Waals surface area (Å²) in [5, 5.41) is 0. The maximum absolute atomic E-state index is 3.89. The molecular formula is C23H23NS. The third-order valence-corrected chi connectivity index (χ3v) is 4.48. The van der Waals surface area contributed by atoms with Crippen LogP contribution in [0.1, 0.15) is 29.2 Å². The second-order valence-corrected chi connectivity index (χ2v) is 6.38. The molecule has 2 aromatic carbocycles. The molecular weight excluding hydrogens is 322 g/mol. The van der Waals surface area contributed by atoms with Gasteiger partial charge in [-0.2, -0.15) is 0 Å². The third kappa shape index (κ3) is 6.49. The predicted molar refractivity (Wildman–Crippen MR) is 109 cm³/mol. The van der Waals surface area contributed by atoms with Crippen LogP contribution in [0.5, 0.6) is 0 Å². The molecule has 0 bridgehead atoms. The van der Waals surface area contributed by atoms with E-state index < -0.39 is 0 Å². The highest BCUT2D eigenvalue weighted by Gasteiger charge is 1.92. The summed E-state index contributed by atoms with van der Waals surface area (Å²) in [4.78, 5) is 5.16. The summed E-state index contributed by atoms with van der Waals surface area (Å²) in [6, 6.07) is 20.6. The zero-order valence-corrected chi connectivity index (χ0v) is 15.8. The molecule has 0 radical (unpaired) electrons. The molecule has 126 valence electrons. The number of aryl methyl sites for hydroxylation is 2. The smallest absolute Gasteiger partial charge is 0.0278 e. The Labute approximate surface area is 155 Å². The van der Waals surface area contributed by atoms with Crippen molar-refractivity contribution in [3.05, 3.63) is 95.3 Å². The van der Waals surface area contributed by atoms with Crippen molar-refractivity contribution in [2.45, 2.75) is 25.2 Å². The standard InChI is InChI=1S/C16H14S.C7H9N/c1-13-5-3-4-6-15(13)10-7-14-8-11-16(17-2)12-9-14;1-2-7-3-5-8-6-4-7/h3-6,8-9,11-12H,1-2H3;3-6H,2H2,1H3. The summed E-state index contributed by atoms with van der Waals surface area (Å²) in [6.45, 7) is 4.22. The maximum Gasteiger partial charge on any atom is 0.0278 e. The lowest BCUT2D eigenvalue weighted by Crippen LogP contribution is -1.80. The van der Waals surface area contributed by atoms with E-state index in [-0.39, 0.29) is 0 Å². The molecule has 3 aromatic rings. The van der Waals surface area contributed by atoms with E-state index in [4.69, 9.17) is 0 Å². The number of thioether (sulfide) groups is 1. The summed E-state index contributed by atoms with van der Waals surface area (Å²) >= 11 is 1.75. The second-order valence-electron chi connectivity index (χ2n) is 5.50. The van der Waals surface area contributed by atoms with Crippen LogP contribution in [0.2, 0.25) is 0 Å². The van der Waals surface area contributed by atoms with Gasteiger partial charge in [0, 0.05) is 28.4 Å². The average Bonchev–Trinajstić information content (AvgIpc) is 2.69. The first-order valence-electron chi connectivity index (χ1n) is 8.33. The Balaban J connectivity index is 0.000000236. The lowest BCUT2D eigenvalue weighted by molar-refractivity contribution is 1.12. The second kappa shape index (κ2) is 10.4. The van der Waals surface area contributed by atoms with Gasteiger partial charge >= 0.3 is 0 Å². The van der Waals surface area contributed by atoms with Crippen LogP contribution in [-0.4, -0.2) is 11.2 Å². The largest absolute Gasteiger partial charge is 0.265 e. The van der Waals surface area contributed by atoms with Crippen LogP contribution in [-0.2, 0) is 6.42 Å². The molecule has 0 aliphatic heterocycles. The zero-order valence-electron chi connectivity index (χ0n) is 15.0. The van der Waals surface area contributed by atoms with Gasteiger partial charge in [0.15, 0.2) is 0 Å². The van der Waals surface area contributed by atoms with Crippen molar-refractivity contribution >= 4 is 11.8 Å². The Hall–Kier alpha value is -2.50. The molecule has 1 aromatic heterocycles. The van der Waals surface area contributed by atoms with Crippen molar-refractivity contribution in [1.29, 1.82) is 0 Å². The van der Waals surface area contributed by atoms with Crippen molar-refractivity contribution in [2.75, 3.05) is 6.26 Å². The van der Waals surface area contributed by atoms with Gasteiger partial charge in [-0.05, 0) is 73.2 Å². The molecule has 1 nitrogen and oxygen atoms in total. The number of benzene rings is 2. The van der Waals surface area contributed by atoms with Crippen molar-refractivity contribution in [3.8, 4) is 11.8 Å². The minimum absolute atomic E-state index is 1.06. The molecule has 25 heavy (non-hydrogen) atoms. The Kier molecular flexibility index (Phi) is 7.82. The molecule has 0 amide bonds. The molecule has 0 spiro atoms. The van der Waals surface area contributed by atoms with Crippen molar-refractivity contribution < 1.29 is 0 Å². The van der Waals surface area contributed by atoms with Crippen LogP contribution in [0.15, 0.2) is 78.0 Å². The monoisotopic (exact) mass is 345 g/mol. The number of hydrogen-bond acceptors (Lipinski definition) is 2. The Morgan fingerprint density at radius 3 is 2.12 bits per heavy atom. The first kappa shape index (κ1) is 18.8. The summed E-state index contributed by atoms with van der Waals surface area (Å²) < 4.78 is 0. The Bertz CT molecular complexity index is 827. The number of pyridine rings is 1. The van der Waals surface area contributed by atoms with E-state index in [9.17, 15) is 0 Å². The maximum atomic E-state index is 3.89. The van der Waals surface area contributed by atoms with E-state index in [1.165, 1.54) is 16.0 Å². The fourth-order valence-corrected chi connectivity index (χ4v) is 2.55. The normalized spacial score (nSPS) is 9.40. The topological polar surface area (TPSA) is 12.9 Å². The number of hydrogen-bond donors (Lipinski definition) is 0. The summed E-state index contributed by atoms with van der Waals surface area (Å²) in [5.41, 5.74) is 4.73. The van der Waals surface area contributed by atoms with Crippen LogP contribution >= 0.6 is 11.8 Å². The number of nitrogens with zero attached hydrogens (tertiary/aromatic N) is 1. The fourth-order valence-electron chi connectivity index (χ4n) is 2.15. The zero-order chi connectivity index (χ0) is 17.9. The minimum atomic E-state index is 1.06. The molecule has 3 rings (SSSR count). The highest BCUT2D eigenvalue weighted by molar-refractivity contribution is 7.98. The van der Waals surface area contributed by atoms with Gasteiger partial charge in [-0.3, -0.25) is 4.98 Å². The van der Waals surface area contributed by atoms with E-state index in [0.717, 1.165) is 17.5 Å². The van der Waals surface area contributed by atoms with Gasteiger partial charge in [0.25, 0.3) is 0 Å². The minimum Gasteiger partial charge on any atom is -0.265 e. The van der Waals surface area contributed by atoms with Gasteiger partial charge in [0.2, 0.25) is 0 Å². The van der Waals surface area contributed by atoms with Gasteiger partial charge in [-0.15, -0.1) is 11.8 Å². The first-order valence-corrected chi connectivity index (χ1v) is 9.56. The molecule has 0 aliphatic carbocycles. The molecule has 0 saturated carbocycles. The van der Waals surface area contributed by atoms with Gasteiger partial charge < -0.3 is 0 Å². The highest BCUT2D eigenvalue weighted by atomic mass is 32.2. The van der Waals surface area contributed by atoms with Gasteiger partial charge in [-0.1, -0.05) is 37.0 Å². The van der Waals surface area contributed by atoms with Crippen LogP contribution in [0, 0.1) is 18.8 Å². The summed E-state index contributed by atoms with van der Waals surface area (Å²) in [6.07, 6.45) is 6.81. The molecule has 0 unspecified atom stereocenters.